The monoisotopic (exact) mass is 495 g/mol. The summed E-state index contributed by atoms with van der Waals surface area (Å²) in [4.78, 5) is 27.8. The Balaban J connectivity index is 1.53. The minimum Gasteiger partial charge on any atom is -0.507 e. The van der Waals surface area contributed by atoms with Crippen molar-refractivity contribution in [1.29, 1.82) is 0 Å². The van der Waals surface area contributed by atoms with Crippen LogP contribution in [0.4, 0.5) is 5.69 Å². The minimum absolute atomic E-state index is 0.0554. The van der Waals surface area contributed by atoms with Gasteiger partial charge in [-0.2, -0.15) is 0 Å². The highest BCUT2D eigenvalue weighted by atomic mass is 16.5. The van der Waals surface area contributed by atoms with Crippen molar-refractivity contribution in [3.05, 3.63) is 119 Å². The van der Waals surface area contributed by atoms with Gasteiger partial charge in [-0.15, -0.1) is 0 Å². The Morgan fingerprint density at radius 3 is 2.49 bits per heavy atom. The number of aryl methyl sites for hydroxylation is 1. The fourth-order valence-electron chi connectivity index (χ4n) is 4.42. The summed E-state index contributed by atoms with van der Waals surface area (Å²) in [5.41, 5.74) is 2.59. The Kier molecular flexibility index (Phi) is 6.51. The second kappa shape index (κ2) is 10.1. The van der Waals surface area contributed by atoms with Gasteiger partial charge in [-0.05, 0) is 60.5 Å². The lowest BCUT2D eigenvalue weighted by Gasteiger charge is -2.23. The number of methoxy groups -OCH3 is 1. The van der Waals surface area contributed by atoms with Crippen molar-refractivity contribution in [3.8, 4) is 11.5 Å². The molecule has 4 aromatic rings. The largest absolute Gasteiger partial charge is 0.507 e. The number of aliphatic hydroxyl groups is 1. The van der Waals surface area contributed by atoms with Crippen molar-refractivity contribution >= 4 is 23.1 Å². The van der Waals surface area contributed by atoms with Gasteiger partial charge in [0.1, 0.15) is 35.7 Å². The van der Waals surface area contributed by atoms with Gasteiger partial charge in [0.05, 0.1) is 18.9 Å². The summed E-state index contributed by atoms with van der Waals surface area (Å²) in [5, 5.41) is 11.3. The number of furan rings is 1. The molecule has 186 valence electrons. The van der Waals surface area contributed by atoms with Gasteiger partial charge in [-0.25, -0.2) is 0 Å². The number of rotatable bonds is 7. The smallest absolute Gasteiger partial charge is 0.300 e. The third kappa shape index (κ3) is 4.59. The summed E-state index contributed by atoms with van der Waals surface area (Å²) < 4.78 is 16.9. The van der Waals surface area contributed by atoms with Crippen LogP contribution in [0.5, 0.6) is 11.5 Å². The molecule has 1 aliphatic rings. The summed E-state index contributed by atoms with van der Waals surface area (Å²) in [7, 11) is 1.52. The van der Waals surface area contributed by atoms with Crippen LogP contribution in [0.2, 0.25) is 0 Å². The average molecular weight is 496 g/mol. The van der Waals surface area contributed by atoms with Crippen LogP contribution in [0.1, 0.15) is 28.5 Å². The molecule has 5 rings (SSSR count). The van der Waals surface area contributed by atoms with Gasteiger partial charge < -0.3 is 19.0 Å². The zero-order valence-corrected chi connectivity index (χ0v) is 20.4. The summed E-state index contributed by atoms with van der Waals surface area (Å²) in [6.45, 7) is 2.26. The van der Waals surface area contributed by atoms with Crippen molar-refractivity contribution in [2.45, 2.75) is 19.6 Å². The van der Waals surface area contributed by atoms with Crippen molar-refractivity contribution < 1.29 is 28.6 Å². The molecule has 3 aromatic carbocycles. The Bertz CT molecular complexity index is 1470. The number of ether oxygens (including phenoxy) is 2. The van der Waals surface area contributed by atoms with E-state index in [-0.39, 0.29) is 11.3 Å². The van der Waals surface area contributed by atoms with Crippen LogP contribution in [-0.4, -0.2) is 23.9 Å². The molecule has 1 aliphatic heterocycles. The van der Waals surface area contributed by atoms with E-state index in [1.165, 1.54) is 18.3 Å². The number of ketones is 1. The van der Waals surface area contributed by atoms with E-state index in [2.05, 4.69) is 0 Å². The molecule has 0 aliphatic carbocycles. The van der Waals surface area contributed by atoms with Crippen molar-refractivity contribution in [3.63, 3.8) is 0 Å². The fourth-order valence-corrected chi connectivity index (χ4v) is 4.42. The molecule has 0 radical (unpaired) electrons. The zero-order valence-electron chi connectivity index (χ0n) is 20.4. The van der Waals surface area contributed by atoms with Crippen LogP contribution in [-0.2, 0) is 16.2 Å². The second-order valence-electron chi connectivity index (χ2n) is 8.64. The van der Waals surface area contributed by atoms with Crippen LogP contribution >= 0.6 is 0 Å². The lowest BCUT2D eigenvalue weighted by Crippen LogP contribution is -2.29. The maximum Gasteiger partial charge on any atom is 0.300 e. The Labute approximate surface area is 214 Å². The quantitative estimate of drug-likeness (QED) is 0.198. The molecule has 1 fully saturated rings. The molecule has 1 amide bonds. The Morgan fingerprint density at radius 1 is 0.973 bits per heavy atom. The van der Waals surface area contributed by atoms with E-state index in [4.69, 9.17) is 13.9 Å². The number of hydrogen-bond acceptors (Lipinski definition) is 6. The van der Waals surface area contributed by atoms with E-state index in [1.807, 2.05) is 37.3 Å². The first kappa shape index (κ1) is 23.9. The van der Waals surface area contributed by atoms with Crippen molar-refractivity contribution in [2.75, 3.05) is 12.0 Å². The average Bonchev–Trinajstić information content (AvgIpc) is 3.55. The number of aliphatic hydroxyl groups excluding tert-OH is 1. The molecule has 7 nitrogen and oxygen atoms in total. The van der Waals surface area contributed by atoms with Gasteiger partial charge in [-0.3, -0.25) is 14.5 Å². The molecule has 7 heteroatoms. The van der Waals surface area contributed by atoms with E-state index in [0.29, 0.717) is 35.1 Å². The second-order valence-corrected chi connectivity index (χ2v) is 8.64. The first-order valence-corrected chi connectivity index (χ1v) is 11.7. The van der Waals surface area contributed by atoms with Crippen molar-refractivity contribution in [2.24, 2.45) is 0 Å². The van der Waals surface area contributed by atoms with E-state index in [1.54, 1.807) is 54.6 Å². The third-order valence-corrected chi connectivity index (χ3v) is 6.27. The highest BCUT2D eigenvalue weighted by Crippen LogP contribution is 2.43. The first-order valence-electron chi connectivity index (χ1n) is 11.7. The molecule has 0 saturated carbocycles. The number of hydrogen-bond donors (Lipinski definition) is 1. The van der Waals surface area contributed by atoms with Gasteiger partial charge in [0, 0.05) is 17.3 Å². The Morgan fingerprint density at radius 2 is 1.78 bits per heavy atom. The van der Waals surface area contributed by atoms with E-state index in [0.717, 1.165) is 11.1 Å². The number of amides is 1. The molecule has 0 bridgehead atoms. The van der Waals surface area contributed by atoms with Crippen LogP contribution in [0.3, 0.4) is 0 Å². The molecule has 1 atom stereocenters. The molecule has 1 aromatic heterocycles. The highest BCUT2D eigenvalue weighted by molar-refractivity contribution is 6.51. The number of Topliss-reactive ketones (excluding diaryl/α,β-unsaturated/α-hetero) is 1. The summed E-state index contributed by atoms with van der Waals surface area (Å²) in [6.07, 6.45) is 1.46. The molecular formula is C30H25NO6. The molecule has 0 spiro atoms. The maximum absolute atomic E-state index is 13.3. The number of benzene rings is 3. The number of nitrogens with zero attached hydrogens (tertiary/aromatic N) is 1. The van der Waals surface area contributed by atoms with Gasteiger partial charge >= 0.3 is 0 Å². The summed E-state index contributed by atoms with van der Waals surface area (Å²) in [6, 6.07) is 24.2. The number of carbonyl (C=O) groups excluding carboxylic acids is 2. The number of anilines is 1. The van der Waals surface area contributed by atoms with Gasteiger partial charge in [0.2, 0.25) is 0 Å². The van der Waals surface area contributed by atoms with Gasteiger partial charge in [0.15, 0.2) is 0 Å². The summed E-state index contributed by atoms with van der Waals surface area (Å²) in [5.74, 6) is -0.329. The van der Waals surface area contributed by atoms with Crippen LogP contribution in [0.25, 0.3) is 5.76 Å². The van der Waals surface area contributed by atoms with Crippen LogP contribution < -0.4 is 14.4 Å². The SMILES string of the molecule is COc1cccc(N2C(=O)C(=O)/C(=C(\O)c3ccc(OCc4ccccc4)c(C)c3)C2c2ccco2)c1. The van der Waals surface area contributed by atoms with Crippen LogP contribution in [0.15, 0.2) is 101 Å². The van der Waals surface area contributed by atoms with Gasteiger partial charge in [0.25, 0.3) is 11.7 Å². The predicted octanol–water partition coefficient (Wildman–Crippen LogP) is 5.80. The molecule has 2 heterocycles. The predicted molar refractivity (Wildman–Crippen MR) is 138 cm³/mol. The zero-order chi connectivity index (χ0) is 25.9. The van der Waals surface area contributed by atoms with E-state index < -0.39 is 17.7 Å². The first-order chi connectivity index (χ1) is 18.0. The van der Waals surface area contributed by atoms with Gasteiger partial charge in [-0.1, -0.05) is 36.4 Å². The lowest BCUT2D eigenvalue weighted by atomic mass is 9.98. The molecule has 1 saturated heterocycles. The normalized spacial score (nSPS) is 16.7. The topological polar surface area (TPSA) is 89.2 Å². The maximum atomic E-state index is 13.3. The minimum atomic E-state index is -0.948. The molecule has 37 heavy (non-hydrogen) atoms. The van der Waals surface area contributed by atoms with E-state index >= 15 is 0 Å². The lowest BCUT2D eigenvalue weighted by molar-refractivity contribution is -0.132. The molecular weight excluding hydrogens is 470 g/mol. The molecule has 1 unspecified atom stereocenters. The van der Waals surface area contributed by atoms with Crippen molar-refractivity contribution in [1.82, 2.24) is 0 Å². The standard InChI is InChI=1S/C30H25NO6/c1-19-16-21(13-14-24(19)37-18-20-8-4-3-5-9-20)28(32)26-27(25-12-7-15-36-25)31(30(34)29(26)33)22-10-6-11-23(17-22)35-2/h3-17,27,32H,18H2,1-2H3/b28-26-. The highest BCUT2D eigenvalue weighted by Gasteiger charge is 2.48. The number of carbonyl (C=O) groups is 2. The fraction of sp³-hybridized carbons (Fsp3) is 0.133. The van der Waals surface area contributed by atoms with Crippen LogP contribution in [0, 0.1) is 6.92 Å². The Hall–Kier alpha value is -4.78. The van der Waals surface area contributed by atoms with E-state index in [9.17, 15) is 14.7 Å². The molecule has 1 N–H and O–H groups in total. The third-order valence-electron chi connectivity index (χ3n) is 6.27. The summed E-state index contributed by atoms with van der Waals surface area (Å²) >= 11 is 0.